The zero-order valence-corrected chi connectivity index (χ0v) is 29.1. The highest BCUT2D eigenvalue weighted by Crippen LogP contribution is 2.56. The molecule has 1 amide bonds. The summed E-state index contributed by atoms with van der Waals surface area (Å²) in [6, 6.07) is 8.17. The van der Waals surface area contributed by atoms with Crippen molar-refractivity contribution in [2.45, 2.75) is 151 Å². The van der Waals surface area contributed by atoms with E-state index in [9.17, 15) is 40.3 Å². The van der Waals surface area contributed by atoms with E-state index in [0.29, 0.717) is 12.8 Å². The van der Waals surface area contributed by atoms with Crippen molar-refractivity contribution in [2.75, 3.05) is 6.61 Å². The average molecular weight is 724 g/mol. The minimum atomic E-state index is -1.57. The molecule has 2 saturated heterocycles. The van der Waals surface area contributed by atoms with Crippen LogP contribution in [-0.4, -0.2) is 128 Å². The monoisotopic (exact) mass is 723 g/mol. The van der Waals surface area contributed by atoms with Gasteiger partial charge in [-0.1, -0.05) is 63.6 Å². The molecule has 5 fully saturated rings. The molecule has 1 aromatic rings. The third-order valence-corrected chi connectivity index (χ3v) is 11.5. The third kappa shape index (κ3) is 7.99. The Bertz CT molecular complexity index is 1320. The Morgan fingerprint density at radius 2 is 1.55 bits per heavy atom. The van der Waals surface area contributed by atoms with Crippen LogP contribution >= 0.6 is 0 Å². The molecule has 0 spiro atoms. The molecule has 1 aromatic carbocycles. The summed E-state index contributed by atoms with van der Waals surface area (Å²) in [6.07, 6.45) is -8.11. The number of hydrogen-bond donors (Lipinski definition) is 7. The van der Waals surface area contributed by atoms with Crippen LogP contribution in [0.5, 0.6) is 0 Å². The van der Waals surface area contributed by atoms with E-state index in [1.807, 2.05) is 6.92 Å². The fourth-order valence-electron chi connectivity index (χ4n) is 8.47. The minimum absolute atomic E-state index is 0.140. The highest BCUT2D eigenvalue weighted by atomic mass is 16.7. The molecule has 0 bridgehead atoms. The first-order chi connectivity index (χ1) is 24.5. The van der Waals surface area contributed by atoms with Gasteiger partial charge in [-0.3, -0.25) is 10.0 Å². The molecule has 3 saturated carbocycles. The number of carbonyl (C=O) groups excluding carboxylic acids is 2. The van der Waals surface area contributed by atoms with Gasteiger partial charge in [0.25, 0.3) is 5.91 Å². The van der Waals surface area contributed by atoms with Gasteiger partial charge >= 0.3 is 5.97 Å². The lowest BCUT2D eigenvalue weighted by Crippen LogP contribution is -2.64. The highest BCUT2D eigenvalue weighted by Gasteiger charge is 2.67. The van der Waals surface area contributed by atoms with Crippen molar-refractivity contribution >= 4 is 11.9 Å². The fourth-order valence-corrected chi connectivity index (χ4v) is 8.47. The van der Waals surface area contributed by atoms with Gasteiger partial charge < -0.3 is 54.0 Å². The smallest absolute Gasteiger partial charge is 0.338 e. The molecule has 6 rings (SSSR count). The van der Waals surface area contributed by atoms with Crippen LogP contribution < -0.4 is 5.48 Å². The molecule has 51 heavy (non-hydrogen) atoms. The maximum Gasteiger partial charge on any atom is 0.338 e. The second kappa shape index (κ2) is 16.4. The first-order valence-electron chi connectivity index (χ1n) is 18.3. The second-order valence-electron chi connectivity index (χ2n) is 14.9. The van der Waals surface area contributed by atoms with Crippen LogP contribution in [0.4, 0.5) is 0 Å². The van der Waals surface area contributed by atoms with Crippen molar-refractivity contribution in [3.05, 3.63) is 35.9 Å². The lowest BCUT2D eigenvalue weighted by molar-refractivity contribution is -0.348. The predicted molar refractivity (Wildman–Crippen MR) is 175 cm³/mol. The number of hydrogen-bond acceptors (Lipinski definition) is 14. The summed E-state index contributed by atoms with van der Waals surface area (Å²) >= 11 is 0. The van der Waals surface area contributed by atoms with Crippen molar-refractivity contribution in [3.63, 3.8) is 0 Å². The van der Waals surface area contributed by atoms with Crippen LogP contribution in [0.25, 0.3) is 0 Å². The standard InChI is InChI=1S/C36H53NO14/c1-18-10-9-15-23(29(18)50-33-28(42)27(41)25(39)19(2)46-33)47-34-31(49-32(43)21-13-7-4-8-14-21)30(26(40)24(17-38)48-34)51-36(35(44)37-45)16-22(36)20-11-5-3-6-12-20/h4,7-8,13-14,18-20,22-31,33-34,38-42,45H,3,5-6,9-12,15-17H2,1-2H3,(H,37,44). The second-order valence-corrected chi connectivity index (χ2v) is 14.9. The van der Waals surface area contributed by atoms with E-state index in [1.54, 1.807) is 42.7 Å². The number of benzene rings is 1. The Labute approximate surface area is 297 Å². The van der Waals surface area contributed by atoms with Gasteiger partial charge in [0.05, 0.1) is 30.5 Å². The lowest BCUT2D eigenvalue weighted by Gasteiger charge is -2.47. The molecule has 2 aliphatic heterocycles. The number of esters is 1. The molecule has 0 radical (unpaired) electrons. The van der Waals surface area contributed by atoms with E-state index in [2.05, 4.69) is 0 Å². The number of rotatable bonds is 11. The Hall–Kier alpha value is -2.28. The minimum Gasteiger partial charge on any atom is -0.450 e. The third-order valence-electron chi connectivity index (χ3n) is 11.5. The Morgan fingerprint density at radius 3 is 2.24 bits per heavy atom. The van der Waals surface area contributed by atoms with Crippen LogP contribution in [0.1, 0.15) is 82.0 Å². The molecular weight excluding hydrogens is 670 g/mol. The van der Waals surface area contributed by atoms with Crippen LogP contribution in [0, 0.1) is 17.8 Å². The summed E-state index contributed by atoms with van der Waals surface area (Å²) in [7, 11) is 0. The SMILES string of the molecule is CC1CCCC(OC2OC(CO)C(O)C(OC3(C(=O)NO)CC3C3CCCCC3)C2OC(=O)c2ccccc2)C1OC1OC(C)C(O)C(O)C1O. The van der Waals surface area contributed by atoms with Gasteiger partial charge in [-0.25, -0.2) is 10.3 Å². The van der Waals surface area contributed by atoms with E-state index < -0.39 is 97.7 Å². The number of aliphatic hydroxyl groups excluding tert-OH is 5. The number of hydroxylamine groups is 1. The number of aliphatic hydroxyl groups is 5. The zero-order chi connectivity index (χ0) is 36.4. The molecule has 0 aromatic heterocycles. The largest absolute Gasteiger partial charge is 0.450 e. The number of amides is 1. The molecule has 286 valence electrons. The molecule has 15 unspecified atom stereocenters. The maximum atomic E-state index is 13.6. The molecule has 15 nitrogen and oxygen atoms in total. The quantitative estimate of drug-likeness (QED) is 0.0960. The van der Waals surface area contributed by atoms with E-state index in [0.717, 1.165) is 38.5 Å². The first kappa shape index (κ1) is 38.4. The summed E-state index contributed by atoms with van der Waals surface area (Å²) in [4.78, 5) is 26.9. The number of nitrogens with one attached hydrogen (secondary N) is 1. The van der Waals surface area contributed by atoms with E-state index in [-0.39, 0.29) is 29.7 Å². The van der Waals surface area contributed by atoms with Crippen molar-refractivity contribution in [2.24, 2.45) is 17.8 Å². The number of ether oxygens (including phenoxy) is 6. The van der Waals surface area contributed by atoms with Gasteiger partial charge in [-0.05, 0) is 50.2 Å². The van der Waals surface area contributed by atoms with Crippen LogP contribution in [0.3, 0.4) is 0 Å². The molecule has 15 atom stereocenters. The molecule has 7 N–H and O–H groups in total. The Kier molecular flexibility index (Phi) is 12.4. The van der Waals surface area contributed by atoms with Gasteiger partial charge in [-0.15, -0.1) is 0 Å². The average Bonchev–Trinajstić information content (AvgIpc) is 3.88. The van der Waals surface area contributed by atoms with Crippen molar-refractivity contribution < 1.29 is 68.8 Å². The van der Waals surface area contributed by atoms with Gasteiger partial charge in [0.1, 0.15) is 36.6 Å². The fraction of sp³-hybridized carbons (Fsp3) is 0.778. The number of carbonyl (C=O) groups is 2. The zero-order valence-electron chi connectivity index (χ0n) is 29.1. The summed E-state index contributed by atoms with van der Waals surface area (Å²) in [6.45, 7) is 2.83. The van der Waals surface area contributed by atoms with Crippen molar-refractivity contribution in [1.82, 2.24) is 5.48 Å². The summed E-state index contributed by atoms with van der Waals surface area (Å²) < 4.78 is 37.2. The first-order valence-corrected chi connectivity index (χ1v) is 18.3. The van der Waals surface area contributed by atoms with Crippen LogP contribution in [0.15, 0.2) is 30.3 Å². The maximum absolute atomic E-state index is 13.6. The van der Waals surface area contributed by atoms with Gasteiger partial charge in [0.15, 0.2) is 24.3 Å². The summed E-state index contributed by atoms with van der Waals surface area (Å²) in [5.74, 6) is -1.79. The molecule has 2 heterocycles. The van der Waals surface area contributed by atoms with Crippen molar-refractivity contribution in [3.8, 4) is 0 Å². The molecule has 3 aliphatic carbocycles. The molecular formula is C36H53NO14. The molecule has 5 aliphatic rings. The summed E-state index contributed by atoms with van der Waals surface area (Å²) in [5.41, 5.74) is 0.417. The Balaban J connectivity index is 1.30. The van der Waals surface area contributed by atoms with Gasteiger partial charge in [-0.2, -0.15) is 0 Å². The van der Waals surface area contributed by atoms with Crippen molar-refractivity contribution in [1.29, 1.82) is 0 Å². The molecule has 15 heteroatoms. The van der Waals surface area contributed by atoms with Crippen LogP contribution in [0.2, 0.25) is 0 Å². The van der Waals surface area contributed by atoms with Gasteiger partial charge in [0, 0.05) is 5.92 Å². The van der Waals surface area contributed by atoms with Crippen LogP contribution in [-0.2, 0) is 33.2 Å². The van der Waals surface area contributed by atoms with Gasteiger partial charge in [0.2, 0.25) is 0 Å². The summed E-state index contributed by atoms with van der Waals surface area (Å²) in [5, 5.41) is 63.1. The van der Waals surface area contributed by atoms with E-state index in [1.165, 1.54) is 0 Å². The Morgan fingerprint density at radius 1 is 0.824 bits per heavy atom. The lowest BCUT2D eigenvalue weighted by atomic mass is 9.84. The van der Waals surface area contributed by atoms with E-state index >= 15 is 0 Å². The predicted octanol–water partition coefficient (Wildman–Crippen LogP) is 0.938. The van der Waals surface area contributed by atoms with E-state index in [4.69, 9.17) is 28.4 Å². The highest BCUT2D eigenvalue weighted by molar-refractivity contribution is 5.89. The normalized spacial score (nSPS) is 43.3. The topological polar surface area (TPSA) is 223 Å².